The SMILES string of the molecule is COc1ccc([C@H]2CC(=O)C3C(=Nc4ccccc4N[C@H]3c3cccs3)C2)cc1. The van der Waals surface area contributed by atoms with E-state index in [-0.39, 0.29) is 23.7 Å². The van der Waals surface area contributed by atoms with Crippen molar-refractivity contribution in [2.45, 2.75) is 24.8 Å². The van der Waals surface area contributed by atoms with Crippen molar-refractivity contribution in [1.82, 2.24) is 0 Å². The molecule has 5 heteroatoms. The molecule has 5 rings (SSSR count). The van der Waals surface area contributed by atoms with Crippen LogP contribution in [0.3, 0.4) is 0 Å². The zero-order valence-corrected chi connectivity index (χ0v) is 17.0. The minimum absolute atomic E-state index is 0.0679. The summed E-state index contributed by atoms with van der Waals surface area (Å²) in [7, 11) is 1.67. The molecule has 0 spiro atoms. The molecule has 1 fully saturated rings. The maximum absolute atomic E-state index is 13.4. The highest BCUT2D eigenvalue weighted by Gasteiger charge is 2.41. The van der Waals surface area contributed by atoms with E-state index in [0.717, 1.165) is 29.3 Å². The van der Waals surface area contributed by atoms with Gasteiger partial charge in [-0.05, 0) is 53.6 Å². The van der Waals surface area contributed by atoms with Crippen LogP contribution in [0.4, 0.5) is 11.4 Å². The number of para-hydroxylation sites is 2. The second kappa shape index (κ2) is 7.48. The van der Waals surface area contributed by atoms with Gasteiger partial charge in [-0.1, -0.05) is 30.3 Å². The van der Waals surface area contributed by atoms with Crippen LogP contribution in [-0.2, 0) is 4.79 Å². The fraction of sp³-hybridized carbons (Fsp3) is 0.250. The molecule has 2 aromatic carbocycles. The number of benzene rings is 2. The van der Waals surface area contributed by atoms with Crippen LogP contribution in [0.1, 0.15) is 35.2 Å². The van der Waals surface area contributed by atoms with E-state index in [0.29, 0.717) is 6.42 Å². The Kier molecular flexibility index (Phi) is 4.68. The van der Waals surface area contributed by atoms with Crippen molar-refractivity contribution in [2.24, 2.45) is 10.9 Å². The van der Waals surface area contributed by atoms with Gasteiger partial charge in [-0.15, -0.1) is 11.3 Å². The first-order valence-electron chi connectivity index (χ1n) is 9.86. The van der Waals surface area contributed by atoms with E-state index >= 15 is 0 Å². The maximum Gasteiger partial charge on any atom is 0.144 e. The molecule has 4 nitrogen and oxygen atoms in total. The topological polar surface area (TPSA) is 50.7 Å². The predicted octanol–water partition coefficient (Wildman–Crippen LogP) is 5.76. The fourth-order valence-corrected chi connectivity index (χ4v) is 5.23. The number of hydrogen-bond acceptors (Lipinski definition) is 5. The molecule has 1 N–H and O–H groups in total. The summed E-state index contributed by atoms with van der Waals surface area (Å²) in [5, 5.41) is 5.69. The number of thiophene rings is 1. The van der Waals surface area contributed by atoms with Crippen LogP contribution in [0.15, 0.2) is 71.0 Å². The lowest BCUT2D eigenvalue weighted by Crippen LogP contribution is -2.38. The molecule has 0 saturated heterocycles. The largest absolute Gasteiger partial charge is 0.497 e. The van der Waals surface area contributed by atoms with Crippen molar-refractivity contribution in [3.8, 4) is 5.75 Å². The number of rotatable bonds is 3. The number of fused-ring (bicyclic) bond motifs is 2. The van der Waals surface area contributed by atoms with Gasteiger partial charge in [0.2, 0.25) is 0 Å². The van der Waals surface area contributed by atoms with Crippen LogP contribution >= 0.6 is 11.3 Å². The summed E-state index contributed by atoms with van der Waals surface area (Å²) >= 11 is 1.69. The number of ether oxygens (including phenoxy) is 1. The number of anilines is 1. The smallest absolute Gasteiger partial charge is 0.144 e. The van der Waals surface area contributed by atoms with Crippen LogP contribution in [-0.4, -0.2) is 18.6 Å². The standard InChI is InChI=1S/C24H22N2O2S/c1-28-17-10-8-15(9-11-17)16-13-20-23(21(27)14-16)24(22-7-4-12-29-22)26-19-6-3-2-5-18(19)25-20/h2-12,16,23-24,26H,13-14H2,1H3/t16-,23?,24+/m1/s1. The van der Waals surface area contributed by atoms with E-state index in [9.17, 15) is 4.79 Å². The lowest BCUT2D eigenvalue weighted by atomic mass is 9.73. The number of carbonyl (C=O) groups excluding carboxylic acids is 1. The quantitative estimate of drug-likeness (QED) is 0.606. The second-order valence-corrected chi connectivity index (χ2v) is 8.56. The van der Waals surface area contributed by atoms with E-state index < -0.39 is 0 Å². The Morgan fingerprint density at radius 3 is 2.62 bits per heavy atom. The lowest BCUT2D eigenvalue weighted by molar-refractivity contribution is -0.122. The molecule has 1 aliphatic carbocycles. The molecule has 1 unspecified atom stereocenters. The van der Waals surface area contributed by atoms with Gasteiger partial charge in [-0.3, -0.25) is 9.79 Å². The molecule has 1 aromatic heterocycles. The molecule has 0 radical (unpaired) electrons. The molecule has 3 aromatic rings. The van der Waals surface area contributed by atoms with Gasteiger partial charge in [0.05, 0.1) is 30.4 Å². The number of hydrogen-bond donors (Lipinski definition) is 1. The highest BCUT2D eigenvalue weighted by molar-refractivity contribution is 7.10. The zero-order chi connectivity index (χ0) is 19.8. The Hall–Kier alpha value is -2.92. The van der Waals surface area contributed by atoms with E-state index in [1.165, 1.54) is 10.4 Å². The highest BCUT2D eigenvalue weighted by atomic mass is 32.1. The van der Waals surface area contributed by atoms with Gasteiger partial charge in [-0.2, -0.15) is 0 Å². The van der Waals surface area contributed by atoms with E-state index in [4.69, 9.17) is 9.73 Å². The number of nitrogens with one attached hydrogen (secondary N) is 1. The fourth-order valence-electron chi connectivity index (χ4n) is 4.41. The molecular weight excluding hydrogens is 380 g/mol. The molecule has 3 atom stereocenters. The van der Waals surface area contributed by atoms with Crippen molar-refractivity contribution in [3.63, 3.8) is 0 Å². The molecule has 1 aliphatic heterocycles. The summed E-state index contributed by atoms with van der Waals surface area (Å²) in [6, 6.07) is 20.2. The molecule has 0 amide bonds. The minimum Gasteiger partial charge on any atom is -0.497 e. The monoisotopic (exact) mass is 402 g/mol. The summed E-state index contributed by atoms with van der Waals surface area (Å²) in [5.41, 5.74) is 4.05. The van der Waals surface area contributed by atoms with Gasteiger partial charge < -0.3 is 10.1 Å². The maximum atomic E-state index is 13.4. The average molecular weight is 403 g/mol. The third-order valence-corrected chi connectivity index (χ3v) is 6.81. The van der Waals surface area contributed by atoms with Crippen molar-refractivity contribution >= 4 is 34.2 Å². The Labute approximate surface area is 174 Å². The summed E-state index contributed by atoms with van der Waals surface area (Å²) in [5.74, 6) is 1.01. The Morgan fingerprint density at radius 2 is 1.86 bits per heavy atom. The Morgan fingerprint density at radius 1 is 1.03 bits per heavy atom. The first-order chi connectivity index (χ1) is 14.2. The third-order valence-electron chi connectivity index (χ3n) is 5.86. The van der Waals surface area contributed by atoms with Crippen LogP contribution < -0.4 is 10.1 Å². The molecule has 0 bridgehead atoms. The summed E-state index contributed by atoms with van der Waals surface area (Å²) in [6.45, 7) is 0. The predicted molar refractivity (Wildman–Crippen MR) is 118 cm³/mol. The Balaban J connectivity index is 1.55. The lowest BCUT2D eigenvalue weighted by Gasteiger charge is -2.33. The summed E-state index contributed by atoms with van der Waals surface area (Å²) < 4.78 is 5.28. The van der Waals surface area contributed by atoms with Crippen molar-refractivity contribution < 1.29 is 9.53 Å². The van der Waals surface area contributed by atoms with Crippen LogP contribution in [0.2, 0.25) is 0 Å². The molecular formula is C24H22N2O2S. The van der Waals surface area contributed by atoms with Crippen molar-refractivity contribution in [2.75, 3.05) is 12.4 Å². The number of methoxy groups -OCH3 is 1. The van der Waals surface area contributed by atoms with E-state index in [2.05, 4.69) is 28.9 Å². The summed E-state index contributed by atoms with van der Waals surface area (Å²) in [6.07, 6.45) is 1.33. The van der Waals surface area contributed by atoms with Gasteiger partial charge >= 0.3 is 0 Å². The Bertz CT molecular complexity index is 1060. The highest BCUT2D eigenvalue weighted by Crippen LogP contribution is 2.44. The molecule has 1 saturated carbocycles. The van der Waals surface area contributed by atoms with Crippen molar-refractivity contribution in [1.29, 1.82) is 0 Å². The van der Waals surface area contributed by atoms with Crippen LogP contribution in [0, 0.1) is 5.92 Å². The first kappa shape index (κ1) is 18.1. The zero-order valence-electron chi connectivity index (χ0n) is 16.2. The normalized spacial score (nSPS) is 23.3. The molecule has 146 valence electrons. The first-order valence-corrected chi connectivity index (χ1v) is 10.7. The third kappa shape index (κ3) is 3.36. The average Bonchev–Trinajstić information content (AvgIpc) is 3.22. The van der Waals surface area contributed by atoms with Gasteiger partial charge in [-0.25, -0.2) is 0 Å². The number of aliphatic imine (C=N–C) groups is 1. The number of Topliss-reactive ketones (excluding diaryl/α,β-unsaturated/α-hetero) is 1. The van der Waals surface area contributed by atoms with Gasteiger partial charge in [0.25, 0.3) is 0 Å². The number of nitrogens with zero attached hydrogens (tertiary/aromatic N) is 1. The van der Waals surface area contributed by atoms with Crippen LogP contribution in [0.5, 0.6) is 5.75 Å². The number of ketones is 1. The van der Waals surface area contributed by atoms with Gasteiger partial charge in [0.1, 0.15) is 11.5 Å². The van der Waals surface area contributed by atoms with E-state index in [1.807, 2.05) is 42.5 Å². The van der Waals surface area contributed by atoms with Gasteiger partial charge in [0.15, 0.2) is 0 Å². The second-order valence-electron chi connectivity index (χ2n) is 7.58. The van der Waals surface area contributed by atoms with Gasteiger partial charge in [0, 0.05) is 17.0 Å². The molecule has 2 aliphatic rings. The minimum atomic E-state index is -0.226. The van der Waals surface area contributed by atoms with E-state index in [1.54, 1.807) is 18.4 Å². The molecule has 29 heavy (non-hydrogen) atoms. The molecule has 2 heterocycles. The van der Waals surface area contributed by atoms with Crippen molar-refractivity contribution in [3.05, 3.63) is 76.5 Å². The summed E-state index contributed by atoms with van der Waals surface area (Å²) in [4.78, 5) is 19.6. The number of carbonyl (C=O) groups is 1. The van der Waals surface area contributed by atoms with Crippen LogP contribution in [0.25, 0.3) is 0 Å².